The van der Waals surface area contributed by atoms with E-state index in [-0.39, 0.29) is 0 Å². The van der Waals surface area contributed by atoms with Crippen molar-refractivity contribution in [2.24, 2.45) is 5.92 Å². The molecular weight excluding hydrogens is 208 g/mol. The number of ether oxygens (including phenoxy) is 1. The second kappa shape index (κ2) is 6.93. The first-order valence-corrected chi connectivity index (χ1v) is 6.21. The first kappa shape index (κ1) is 12.6. The number of thiazole rings is 1. The summed E-state index contributed by atoms with van der Waals surface area (Å²) in [5, 5.41) is 6.67. The maximum Gasteiger partial charge on any atom is 0.0897 e. The molecule has 0 aliphatic carbocycles. The monoisotopic (exact) mass is 228 g/mol. The van der Waals surface area contributed by atoms with Gasteiger partial charge in [-0.15, -0.1) is 11.3 Å². The molecule has 0 fully saturated rings. The fourth-order valence-electron chi connectivity index (χ4n) is 1.45. The van der Waals surface area contributed by atoms with E-state index in [0.29, 0.717) is 5.92 Å². The molecular formula is C11H20N2OS. The van der Waals surface area contributed by atoms with Crippen LogP contribution < -0.4 is 5.32 Å². The number of hydrogen-bond donors (Lipinski definition) is 1. The lowest BCUT2D eigenvalue weighted by Crippen LogP contribution is -2.25. The van der Waals surface area contributed by atoms with Gasteiger partial charge in [-0.25, -0.2) is 4.98 Å². The van der Waals surface area contributed by atoms with E-state index in [1.165, 1.54) is 5.69 Å². The molecule has 1 heterocycles. The summed E-state index contributed by atoms with van der Waals surface area (Å²) in [5.74, 6) is 0.628. The van der Waals surface area contributed by atoms with Crippen LogP contribution in [0.3, 0.4) is 0 Å². The van der Waals surface area contributed by atoms with Crippen molar-refractivity contribution in [2.45, 2.75) is 20.3 Å². The molecule has 0 radical (unpaired) electrons. The number of aryl methyl sites for hydroxylation is 1. The van der Waals surface area contributed by atoms with Gasteiger partial charge >= 0.3 is 0 Å². The van der Waals surface area contributed by atoms with Gasteiger partial charge in [-0.1, -0.05) is 6.92 Å². The van der Waals surface area contributed by atoms with E-state index in [4.69, 9.17) is 4.74 Å². The Kier molecular flexibility index (Phi) is 5.83. The molecule has 86 valence electrons. The number of methoxy groups -OCH3 is 1. The highest BCUT2D eigenvalue weighted by Crippen LogP contribution is 2.12. The predicted molar refractivity (Wildman–Crippen MR) is 64.5 cm³/mol. The van der Waals surface area contributed by atoms with Crippen molar-refractivity contribution in [3.63, 3.8) is 0 Å². The van der Waals surface area contributed by atoms with Crippen molar-refractivity contribution in [2.75, 3.05) is 26.8 Å². The van der Waals surface area contributed by atoms with Gasteiger partial charge in [-0.05, 0) is 25.8 Å². The van der Waals surface area contributed by atoms with Gasteiger partial charge in [0, 0.05) is 19.0 Å². The van der Waals surface area contributed by atoms with Crippen molar-refractivity contribution in [3.8, 4) is 0 Å². The van der Waals surface area contributed by atoms with Gasteiger partial charge in [0.15, 0.2) is 0 Å². The van der Waals surface area contributed by atoms with Gasteiger partial charge in [0.25, 0.3) is 0 Å². The average Bonchev–Trinajstić information content (AvgIpc) is 2.59. The maximum atomic E-state index is 4.97. The second-order valence-corrected chi connectivity index (χ2v) is 4.93. The molecule has 0 aliphatic heterocycles. The fourth-order valence-corrected chi connectivity index (χ4v) is 2.08. The molecule has 1 atom stereocenters. The number of nitrogens with zero attached hydrogens (tertiary/aromatic N) is 1. The minimum absolute atomic E-state index is 0.628. The molecule has 0 bridgehead atoms. The Labute approximate surface area is 95.9 Å². The van der Waals surface area contributed by atoms with Crippen molar-refractivity contribution >= 4 is 11.3 Å². The molecule has 1 unspecified atom stereocenters. The van der Waals surface area contributed by atoms with Crippen LogP contribution in [0, 0.1) is 12.8 Å². The van der Waals surface area contributed by atoms with E-state index in [1.807, 2.05) is 0 Å². The molecule has 0 spiro atoms. The van der Waals surface area contributed by atoms with E-state index < -0.39 is 0 Å². The standard InChI is InChI=1S/C11H20N2OS/c1-9(7-12-4-5-14-3)6-11-8-15-10(2)13-11/h8-9,12H,4-7H2,1-3H3. The molecule has 0 amide bonds. The summed E-state index contributed by atoms with van der Waals surface area (Å²) in [6.45, 7) is 7.03. The zero-order valence-electron chi connectivity index (χ0n) is 9.75. The molecule has 0 saturated carbocycles. The largest absolute Gasteiger partial charge is 0.383 e. The molecule has 3 nitrogen and oxygen atoms in total. The highest BCUT2D eigenvalue weighted by molar-refractivity contribution is 7.09. The summed E-state index contributed by atoms with van der Waals surface area (Å²) >= 11 is 1.73. The van der Waals surface area contributed by atoms with Crippen LogP contribution in [-0.4, -0.2) is 31.8 Å². The van der Waals surface area contributed by atoms with Crippen LogP contribution in [0.4, 0.5) is 0 Å². The molecule has 0 aromatic carbocycles. The van der Waals surface area contributed by atoms with Crippen LogP contribution in [0.2, 0.25) is 0 Å². The number of rotatable bonds is 7. The highest BCUT2D eigenvalue weighted by atomic mass is 32.1. The average molecular weight is 228 g/mol. The quantitative estimate of drug-likeness (QED) is 0.723. The van der Waals surface area contributed by atoms with E-state index in [2.05, 4.69) is 29.5 Å². The van der Waals surface area contributed by atoms with E-state index in [0.717, 1.165) is 31.1 Å². The van der Waals surface area contributed by atoms with Gasteiger partial charge in [0.2, 0.25) is 0 Å². The van der Waals surface area contributed by atoms with Crippen LogP contribution in [-0.2, 0) is 11.2 Å². The zero-order chi connectivity index (χ0) is 11.1. The van der Waals surface area contributed by atoms with Crippen LogP contribution in [0.25, 0.3) is 0 Å². The minimum Gasteiger partial charge on any atom is -0.383 e. The Morgan fingerprint density at radius 3 is 3.00 bits per heavy atom. The van der Waals surface area contributed by atoms with Crippen molar-refractivity contribution < 1.29 is 4.74 Å². The lowest BCUT2D eigenvalue weighted by molar-refractivity contribution is 0.198. The van der Waals surface area contributed by atoms with Crippen molar-refractivity contribution in [1.29, 1.82) is 0 Å². The van der Waals surface area contributed by atoms with Crippen LogP contribution in [0.15, 0.2) is 5.38 Å². The van der Waals surface area contributed by atoms with Gasteiger partial charge in [-0.3, -0.25) is 0 Å². The fraction of sp³-hybridized carbons (Fsp3) is 0.727. The molecule has 0 saturated heterocycles. The number of nitrogens with one attached hydrogen (secondary N) is 1. The van der Waals surface area contributed by atoms with Gasteiger partial charge in [-0.2, -0.15) is 0 Å². The lowest BCUT2D eigenvalue weighted by atomic mass is 10.1. The Balaban J connectivity index is 2.15. The van der Waals surface area contributed by atoms with Gasteiger partial charge in [0.1, 0.15) is 0 Å². The van der Waals surface area contributed by atoms with Crippen LogP contribution >= 0.6 is 11.3 Å². The van der Waals surface area contributed by atoms with Gasteiger partial charge in [0.05, 0.1) is 17.3 Å². The first-order valence-electron chi connectivity index (χ1n) is 5.33. The van der Waals surface area contributed by atoms with Crippen molar-refractivity contribution in [3.05, 3.63) is 16.1 Å². The molecule has 0 aliphatic rings. The molecule has 1 aromatic rings. The SMILES string of the molecule is COCCNCC(C)Cc1csc(C)n1. The summed E-state index contributed by atoms with van der Waals surface area (Å²) in [6, 6.07) is 0. The molecule has 1 rings (SSSR count). The topological polar surface area (TPSA) is 34.1 Å². The Bertz CT molecular complexity index is 275. The molecule has 15 heavy (non-hydrogen) atoms. The van der Waals surface area contributed by atoms with Crippen LogP contribution in [0.1, 0.15) is 17.6 Å². The van der Waals surface area contributed by atoms with E-state index in [9.17, 15) is 0 Å². The normalized spacial score (nSPS) is 13.0. The van der Waals surface area contributed by atoms with Crippen molar-refractivity contribution in [1.82, 2.24) is 10.3 Å². The maximum absolute atomic E-state index is 4.97. The number of aromatic nitrogens is 1. The Morgan fingerprint density at radius 2 is 2.40 bits per heavy atom. The summed E-state index contributed by atoms with van der Waals surface area (Å²) in [5.41, 5.74) is 1.22. The molecule has 1 aromatic heterocycles. The number of hydrogen-bond acceptors (Lipinski definition) is 4. The zero-order valence-corrected chi connectivity index (χ0v) is 10.6. The summed E-state index contributed by atoms with van der Waals surface area (Å²) in [7, 11) is 1.73. The second-order valence-electron chi connectivity index (χ2n) is 3.86. The smallest absolute Gasteiger partial charge is 0.0897 e. The highest BCUT2D eigenvalue weighted by Gasteiger charge is 2.05. The minimum atomic E-state index is 0.628. The van der Waals surface area contributed by atoms with Crippen LogP contribution in [0.5, 0.6) is 0 Å². The summed E-state index contributed by atoms with van der Waals surface area (Å²) in [6.07, 6.45) is 1.06. The summed E-state index contributed by atoms with van der Waals surface area (Å²) < 4.78 is 4.97. The molecule has 1 N–H and O–H groups in total. The Hall–Kier alpha value is -0.450. The van der Waals surface area contributed by atoms with E-state index >= 15 is 0 Å². The third-order valence-corrected chi connectivity index (χ3v) is 3.02. The predicted octanol–water partition coefficient (Wildman–Crippen LogP) is 1.87. The summed E-state index contributed by atoms with van der Waals surface area (Å²) in [4.78, 5) is 4.46. The molecule has 4 heteroatoms. The first-order chi connectivity index (χ1) is 7.22. The Morgan fingerprint density at radius 1 is 1.60 bits per heavy atom. The van der Waals surface area contributed by atoms with E-state index in [1.54, 1.807) is 18.4 Å². The third kappa shape index (κ3) is 5.25. The lowest BCUT2D eigenvalue weighted by Gasteiger charge is -2.10. The third-order valence-electron chi connectivity index (χ3n) is 2.20. The van der Waals surface area contributed by atoms with Gasteiger partial charge < -0.3 is 10.1 Å².